The van der Waals surface area contributed by atoms with Crippen LogP contribution >= 0.6 is 22.6 Å². The molecule has 2 bridgehead atoms. The molecule has 1 N–H and O–H groups in total. The number of nitrogens with one attached hydrogen (secondary N) is 1. The van der Waals surface area contributed by atoms with Crippen molar-refractivity contribution in [1.82, 2.24) is 5.32 Å². The maximum Gasteiger partial charge on any atom is 0.232 e. The normalized spacial score (nSPS) is 27.1. The van der Waals surface area contributed by atoms with Crippen molar-refractivity contribution in [2.75, 3.05) is 0 Å². The minimum absolute atomic E-state index is 0.125. The number of amides is 2. The van der Waals surface area contributed by atoms with Gasteiger partial charge in [-0.1, -0.05) is 66.7 Å². The molecule has 5 heteroatoms. The Kier molecular flexibility index (Phi) is 4.27. The van der Waals surface area contributed by atoms with Gasteiger partial charge in [0.15, 0.2) is 5.78 Å². The second kappa shape index (κ2) is 6.97. The summed E-state index contributed by atoms with van der Waals surface area (Å²) in [5, 5.41) is 2.58. The van der Waals surface area contributed by atoms with Gasteiger partial charge in [0.05, 0.1) is 17.3 Å². The number of benzene rings is 3. The number of allylic oxidation sites excluding steroid dienone is 2. The van der Waals surface area contributed by atoms with E-state index >= 15 is 0 Å². The van der Waals surface area contributed by atoms with Gasteiger partial charge in [-0.05, 0) is 63.1 Å². The summed E-state index contributed by atoms with van der Waals surface area (Å²) in [6.45, 7) is 0. The minimum Gasteiger partial charge on any atom is -0.296 e. The van der Waals surface area contributed by atoms with Crippen LogP contribution in [0.4, 0.5) is 0 Å². The number of hydrogen-bond acceptors (Lipinski definition) is 3. The molecule has 4 aliphatic rings. The van der Waals surface area contributed by atoms with E-state index < -0.39 is 17.3 Å². The Morgan fingerprint density at radius 3 is 2.06 bits per heavy atom. The molecule has 2 atom stereocenters. The molecule has 3 aromatic rings. The zero-order valence-electron chi connectivity index (χ0n) is 16.9. The Bertz CT molecular complexity index is 1290. The summed E-state index contributed by atoms with van der Waals surface area (Å²) >= 11 is 2.21. The monoisotopic (exact) mass is 531 g/mol. The highest BCUT2D eigenvalue weighted by Crippen LogP contribution is 2.63. The fourth-order valence-corrected chi connectivity index (χ4v) is 6.32. The zero-order chi connectivity index (χ0) is 22.0. The second-order valence-electron chi connectivity index (χ2n) is 8.58. The lowest BCUT2D eigenvalue weighted by molar-refractivity contribution is -0.126. The van der Waals surface area contributed by atoms with Crippen LogP contribution in [-0.4, -0.2) is 17.6 Å². The maximum absolute atomic E-state index is 13.1. The summed E-state index contributed by atoms with van der Waals surface area (Å²) in [5.74, 6) is -1.84. The maximum atomic E-state index is 13.1. The van der Waals surface area contributed by atoms with Gasteiger partial charge in [-0.25, -0.2) is 0 Å². The van der Waals surface area contributed by atoms with Crippen LogP contribution in [0.5, 0.6) is 0 Å². The first-order valence-electron chi connectivity index (χ1n) is 10.5. The van der Waals surface area contributed by atoms with Crippen LogP contribution in [0.15, 0.2) is 84.9 Å². The zero-order valence-corrected chi connectivity index (χ0v) is 19.1. The van der Waals surface area contributed by atoms with Gasteiger partial charge in [0.2, 0.25) is 11.8 Å². The van der Waals surface area contributed by atoms with Gasteiger partial charge in [-0.15, -0.1) is 0 Å². The average molecular weight is 531 g/mol. The van der Waals surface area contributed by atoms with Crippen LogP contribution in [0.25, 0.3) is 0 Å². The fourth-order valence-electron chi connectivity index (χ4n) is 5.96. The third-order valence-electron chi connectivity index (χ3n) is 7.15. The highest BCUT2D eigenvalue weighted by molar-refractivity contribution is 14.1. The van der Waals surface area contributed by atoms with E-state index in [1.807, 2.05) is 66.7 Å². The first kappa shape index (κ1) is 19.6. The molecule has 3 aliphatic carbocycles. The lowest BCUT2D eigenvalue weighted by Gasteiger charge is -2.53. The van der Waals surface area contributed by atoms with Crippen molar-refractivity contribution in [3.05, 3.63) is 116 Å². The Morgan fingerprint density at radius 2 is 1.44 bits per heavy atom. The molecule has 7 rings (SSSR count). The smallest absolute Gasteiger partial charge is 0.232 e. The molecule has 2 unspecified atom stereocenters. The molecule has 32 heavy (non-hydrogen) atoms. The Morgan fingerprint density at radius 1 is 0.844 bits per heavy atom. The lowest BCUT2D eigenvalue weighted by atomic mass is 9.47. The van der Waals surface area contributed by atoms with E-state index in [4.69, 9.17) is 0 Å². The SMILES string of the molecule is O=C(/C=C/C12c3ccccc3C(c3ccccc31)C1C(=O)NC(=O)C12)c1ccc(I)cc1. The van der Waals surface area contributed by atoms with Crippen LogP contribution in [0, 0.1) is 15.4 Å². The summed E-state index contributed by atoms with van der Waals surface area (Å²) in [5.41, 5.74) is 3.84. The van der Waals surface area contributed by atoms with Crippen molar-refractivity contribution in [3.63, 3.8) is 0 Å². The molecule has 2 amide bonds. The predicted molar refractivity (Wildman–Crippen MR) is 128 cm³/mol. The van der Waals surface area contributed by atoms with E-state index in [0.29, 0.717) is 5.56 Å². The van der Waals surface area contributed by atoms with E-state index in [9.17, 15) is 14.4 Å². The highest BCUT2D eigenvalue weighted by Gasteiger charge is 2.65. The molecule has 3 aromatic carbocycles. The van der Waals surface area contributed by atoms with Crippen LogP contribution in [-0.2, 0) is 15.0 Å². The average Bonchev–Trinajstić information content (AvgIpc) is 3.13. The molecule has 0 aromatic heterocycles. The van der Waals surface area contributed by atoms with Gasteiger partial charge >= 0.3 is 0 Å². The molecule has 4 nitrogen and oxygen atoms in total. The molecule has 0 spiro atoms. The number of carbonyl (C=O) groups excluding carboxylic acids is 3. The standard InChI is InChI=1S/C27H18INO3/c28-16-11-9-15(10-12-16)21(30)13-14-27-19-7-3-1-5-17(19)22(18-6-2-4-8-20(18)27)23-24(27)26(32)29-25(23)31/h1-14,22-24H,(H,29,31,32)/b14-13+. The number of rotatable bonds is 3. The van der Waals surface area contributed by atoms with Crippen molar-refractivity contribution >= 4 is 40.2 Å². The molecular weight excluding hydrogens is 513 g/mol. The molecular formula is C27H18INO3. The van der Waals surface area contributed by atoms with Crippen molar-refractivity contribution < 1.29 is 14.4 Å². The summed E-state index contributed by atoms with van der Waals surface area (Å²) in [7, 11) is 0. The minimum atomic E-state index is -0.873. The molecule has 0 radical (unpaired) electrons. The quantitative estimate of drug-likeness (QED) is 0.237. The van der Waals surface area contributed by atoms with E-state index in [1.165, 1.54) is 0 Å². The predicted octanol–water partition coefficient (Wildman–Crippen LogP) is 4.36. The molecule has 0 saturated carbocycles. The molecule has 1 aliphatic heterocycles. The van der Waals surface area contributed by atoms with E-state index in [-0.39, 0.29) is 23.5 Å². The van der Waals surface area contributed by atoms with Crippen LogP contribution < -0.4 is 5.32 Å². The van der Waals surface area contributed by atoms with Gasteiger partial charge in [0, 0.05) is 15.1 Å². The largest absolute Gasteiger partial charge is 0.296 e. The van der Waals surface area contributed by atoms with Crippen molar-refractivity contribution in [1.29, 1.82) is 0 Å². The highest BCUT2D eigenvalue weighted by atomic mass is 127. The van der Waals surface area contributed by atoms with E-state index in [2.05, 4.69) is 27.9 Å². The second-order valence-corrected chi connectivity index (χ2v) is 9.83. The molecule has 156 valence electrons. The van der Waals surface area contributed by atoms with Crippen LogP contribution in [0.3, 0.4) is 0 Å². The van der Waals surface area contributed by atoms with Gasteiger partial charge in [0.25, 0.3) is 0 Å². The topological polar surface area (TPSA) is 63.2 Å². The van der Waals surface area contributed by atoms with Crippen LogP contribution in [0.2, 0.25) is 0 Å². The molecule has 1 saturated heterocycles. The first-order chi connectivity index (χ1) is 15.5. The molecule has 1 heterocycles. The van der Waals surface area contributed by atoms with E-state index in [0.717, 1.165) is 25.8 Å². The third-order valence-corrected chi connectivity index (χ3v) is 7.87. The van der Waals surface area contributed by atoms with Crippen molar-refractivity contribution in [2.24, 2.45) is 11.8 Å². The van der Waals surface area contributed by atoms with Crippen LogP contribution in [0.1, 0.15) is 38.5 Å². The van der Waals surface area contributed by atoms with Crippen molar-refractivity contribution in [3.8, 4) is 0 Å². The fraction of sp³-hybridized carbons (Fsp3) is 0.148. The number of imide groups is 1. The third kappa shape index (κ3) is 2.51. The summed E-state index contributed by atoms with van der Waals surface area (Å²) in [6.07, 6.45) is 3.45. The lowest BCUT2D eigenvalue weighted by Crippen LogP contribution is -2.52. The van der Waals surface area contributed by atoms with E-state index in [1.54, 1.807) is 18.2 Å². The number of ketones is 1. The summed E-state index contributed by atoms with van der Waals surface area (Å²) in [6, 6.07) is 23.4. The van der Waals surface area contributed by atoms with Gasteiger partial charge < -0.3 is 0 Å². The number of hydrogen-bond donors (Lipinski definition) is 1. The molecule has 1 fully saturated rings. The van der Waals surface area contributed by atoms with Gasteiger partial charge in [0.1, 0.15) is 0 Å². The first-order valence-corrected chi connectivity index (χ1v) is 11.6. The Hall–Kier alpha value is -3.06. The van der Waals surface area contributed by atoms with Gasteiger partial charge in [-0.3, -0.25) is 19.7 Å². The Balaban J connectivity index is 1.60. The van der Waals surface area contributed by atoms with Crippen molar-refractivity contribution in [2.45, 2.75) is 11.3 Å². The summed E-state index contributed by atoms with van der Waals surface area (Å²) in [4.78, 5) is 39.1. The number of carbonyl (C=O) groups is 3. The summed E-state index contributed by atoms with van der Waals surface area (Å²) < 4.78 is 1.05. The Labute approximate surface area is 198 Å². The number of halogens is 1. The van der Waals surface area contributed by atoms with Gasteiger partial charge in [-0.2, -0.15) is 0 Å².